The zero-order valence-corrected chi connectivity index (χ0v) is 31.4. The SMILES string of the molecule is C#Cc1cccc2cc(OCOC)cc(-c3nc4c5c(nc(OC[C@]67CCCN6C[C@H](F)C7)nc5c3F)N3C[C@@H]5CC[C@H]([C@H]3CO4)N5C(=O)OC(C)(C)C)c12. The number of benzene rings is 2. The van der Waals surface area contributed by atoms with Crippen molar-refractivity contribution in [3.05, 3.63) is 41.7 Å². The number of carbonyl (C=O) groups excluding carboxylic acids is 1. The van der Waals surface area contributed by atoms with E-state index in [0.29, 0.717) is 53.0 Å². The second-order valence-corrected chi connectivity index (χ2v) is 16.3. The molecule has 0 saturated carbocycles. The van der Waals surface area contributed by atoms with E-state index in [9.17, 15) is 9.18 Å². The van der Waals surface area contributed by atoms with Crippen LogP contribution >= 0.6 is 0 Å². The number of ether oxygens (including phenoxy) is 5. The molecule has 0 radical (unpaired) electrons. The summed E-state index contributed by atoms with van der Waals surface area (Å²) in [6.45, 7) is 7.40. The molecule has 7 heterocycles. The molecule has 0 N–H and O–H groups in total. The summed E-state index contributed by atoms with van der Waals surface area (Å²) in [5, 5.41) is 1.63. The lowest BCUT2D eigenvalue weighted by molar-refractivity contribution is 0.00537. The summed E-state index contributed by atoms with van der Waals surface area (Å²) < 4.78 is 62.1. The Bertz CT molecular complexity index is 2240. The highest BCUT2D eigenvalue weighted by molar-refractivity contribution is 6.04. The largest absolute Gasteiger partial charge is 0.475 e. The van der Waals surface area contributed by atoms with Crippen molar-refractivity contribution in [1.29, 1.82) is 0 Å². The van der Waals surface area contributed by atoms with Crippen molar-refractivity contribution in [1.82, 2.24) is 24.8 Å². The van der Waals surface area contributed by atoms with Gasteiger partial charge in [0.15, 0.2) is 12.6 Å². The number of hydrogen-bond donors (Lipinski definition) is 0. The lowest BCUT2D eigenvalue weighted by Crippen LogP contribution is -2.63. The molecule has 4 saturated heterocycles. The van der Waals surface area contributed by atoms with E-state index in [-0.39, 0.29) is 67.3 Å². The van der Waals surface area contributed by atoms with Crippen LogP contribution < -0.4 is 19.1 Å². The topological polar surface area (TPSA) is 112 Å². The molecule has 0 unspecified atom stereocenters. The number of pyridine rings is 1. The predicted octanol–water partition coefficient (Wildman–Crippen LogP) is 6.25. The number of anilines is 1. The van der Waals surface area contributed by atoms with Crippen LogP contribution in [-0.2, 0) is 9.47 Å². The summed E-state index contributed by atoms with van der Waals surface area (Å²) in [4.78, 5) is 34.2. The minimum atomic E-state index is -0.944. The molecule has 12 nitrogen and oxygen atoms in total. The van der Waals surface area contributed by atoms with Gasteiger partial charge in [-0.25, -0.2) is 18.6 Å². The van der Waals surface area contributed by atoms with Crippen molar-refractivity contribution in [2.45, 2.75) is 88.3 Å². The minimum absolute atomic E-state index is 0.0260. The number of aromatic nitrogens is 3. The Morgan fingerprint density at radius 1 is 1.11 bits per heavy atom. The van der Waals surface area contributed by atoms with Crippen LogP contribution in [0.15, 0.2) is 30.3 Å². The van der Waals surface area contributed by atoms with Gasteiger partial charge in [0.2, 0.25) is 5.88 Å². The van der Waals surface area contributed by atoms with Gasteiger partial charge in [0.1, 0.15) is 53.2 Å². The molecule has 4 aromatic rings. The van der Waals surface area contributed by atoms with Crippen LogP contribution in [0.3, 0.4) is 0 Å². The third kappa shape index (κ3) is 6.03. The van der Waals surface area contributed by atoms with E-state index in [1.807, 2.05) is 43.9 Å². The van der Waals surface area contributed by atoms with Gasteiger partial charge in [0.05, 0.1) is 23.7 Å². The number of hydrogen-bond acceptors (Lipinski definition) is 11. The van der Waals surface area contributed by atoms with Gasteiger partial charge in [-0.15, -0.1) is 6.42 Å². The third-order valence-corrected chi connectivity index (χ3v) is 11.7. The summed E-state index contributed by atoms with van der Waals surface area (Å²) in [5.74, 6) is 3.01. The van der Waals surface area contributed by atoms with Crippen LogP contribution in [0.2, 0.25) is 0 Å². The monoisotopic (exact) mass is 754 g/mol. The summed E-state index contributed by atoms with van der Waals surface area (Å²) in [6, 6.07) is 8.18. The Morgan fingerprint density at radius 2 is 1.96 bits per heavy atom. The van der Waals surface area contributed by atoms with Crippen LogP contribution in [0.4, 0.5) is 19.4 Å². The second-order valence-electron chi connectivity index (χ2n) is 16.3. The maximum atomic E-state index is 17.5. The van der Waals surface area contributed by atoms with Gasteiger partial charge in [-0.3, -0.25) is 9.80 Å². The molecule has 2 aromatic heterocycles. The van der Waals surface area contributed by atoms with E-state index in [1.54, 1.807) is 12.1 Å². The van der Waals surface area contributed by atoms with Crippen molar-refractivity contribution in [3.8, 4) is 41.2 Å². The van der Waals surface area contributed by atoms with Gasteiger partial charge >= 0.3 is 12.1 Å². The van der Waals surface area contributed by atoms with Crippen molar-refractivity contribution in [3.63, 3.8) is 0 Å². The number of alkyl halides is 1. The predicted molar refractivity (Wildman–Crippen MR) is 201 cm³/mol. The number of piperazine rings is 1. The molecule has 2 bridgehead atoms. The summed E-state index contributed by atoms with van der Waals surface area (Å²) in [7, 11) is 1.52. The first-order chi connectivity index (χ1) is 26.5. The van der Waals surface area contributed by atoms with Crippen molar-refractivity contribution in [2.75, 3.05) is 51.7 Å². The van der Waals surface area contributed by atoms with Crippen molar-refractivity contribution >= 4 is 33.6 Å². The van der Waals surface area contributed by atoms with E-state index in [1.165, 1.54) is 7.11 Å². The molecular weight excluding hydrogens is 710 g/mol. The zero-order valence-electron chi connectivity index (χ0n) is 31.4. The van der Waals surface area contributed by atoms with Crippen molar-refractivity contribution in [2.24, 2.45) is 0 Å². The number of fused-ring (bicyclic) bond motifs is 7. The van der Waals surface area contributed by atoms with E-state index < -0.39 is 23.1 Å². The zero-order chi connectivity index (χ0) is 38.2. The molecule has 9 rings (SSSR count). The number of halogens is 2. The van der Waals surface area contributed by atoms with Crippen LogP contribution in [0.25, 0.3) is 32.9 Å². The van der Waals surface area contributed by atoms with Crippen LogP contribution in [-0.4, -0.2) is 113 Å². The van der Waals surface area contributed by atoms with E-state index >= 15 is 4.39 Å². The van der Waals surface area contributed by atoms with Gasteiger partial charge < -0.3 is 28.6 Å². The normalized spacial score (nSPS) is 25.7. The van der Waals surface area contributed by atoms with Crippen molar-refractivity contribution < 1.29 is 37.3 Å². The Balaban J connectivity index is 1.20. The number of terminal acetylenes is 1. The quantitative estimate of drug-likeness (QED) is 0.158. The average molecular weight is 755 g/mol. The fourth-order valence-electron chi connectivity index (χ4n) is 9.47. The van der Waals surface area contributed by atoms with Gasteiger partial charge in [-0.1, -0.05) is 18.1 Å². The van der Waals surface area contributed by atoms with E-state index in [4.69, 9.17) is 45.1 Å². The highest BCUT2D eigenvalue weighted by Crippen LogP contribution is 2.47. The summed E-state index contributed by atoms with van der Waals surface area (Å²) in [6.07, 6.45) is 8.25. The highest BCUT2D eigenvalue weighted by Gasteiger charge is 2.52. The van der Waals surface area contributed by atoms with Gasteiger partial charge in [-0.05, 0) is 76.6 Å². The Kier molecular flexibility index (Phi) is 8.65. The third-order valence-electron chi connectivity index (χ3n) is 11.7. The molecule has 14 heteroatoms. The van der Waals surface area contributed by atoms with Crippen LogP contribution in [0.1, 0.15) is 58.4 Å². The Morgan fingerprint density at radius 3 is 2.76 bits per heavy atom. The maximum Gasteiger partial charge on any atom is 0.410 e. The molecule has 0 spiro atoms. The second kappa shape index (κ2) is 13.3. The fraction of sp³-hybridized carbons (Fsp3) is 0.512. The van der Waals surface area contributed by atoms with E-state index in [0.717, 1.165) is 37.6 Å². The maximum absolute atomic E-state index is 17.5. The molecule has 5 aliphatic heterocycles. The Labute approximate surface area is 318 Å². The van der Waals surface area contributed by atoms with Crippen LogP contribution in [0, 0.1) is 18.2 Å². The number of methoxy groups -OCH3 is 1. The van der Waals surface area contributed by atoms with Gasteiger partial charge in [-0.2, -0.15) is 9.97 Å². The molecule has 4 fully saturated rings. The number of carbonyl (C=O) groups is 1. The van der Waals surface area contributed by atoms with E-state index in [2.05, 4.69) is 15.7 Å². The first-order valence-corrected chi connectivity index (χ1v) is 19.0. The fourth-order valence-corrected chi connectivity index (χ4v) is 9.47. The first kappa shape index (κ1) is 35.7. The van der Waals surface area contributed by atoms with Gasteiger partial charge in [0.25, 0.3) is 0 Å². The smallest absolute Gasteiger partial charge is 0.410 e. The molecule has 0 aliphatic carbocycles. The molecule has 5 atom stereocenters. The summed E-state index contributed by atoms with van der Waals surface area (Å²) >= 11 is 0. The number of rotatable bonds is 7. The molecular formula is C41H44F2N6O6. The first-order valence-electron chi connectivity index (χ1n) is 19.0. The number of nitrogens with zero attached hydrogens (tertiary/aromatic N) is 6. The molecule has 55 heavy (non-hydrogen) atoms. The summed E-state index contributed by atoms with van der Waals surface area (Å²) in [5.41, 5.74) is -0.287. The molecule has 1 amide bonds. The lowest BCUT2D eigenvalue weighted by atomic mass is 9.95. The molecule has 2 aromatic carbocycles. The average Bonchev–Trinajstić information content (AvgIpc) is 3.76. The molecule has 288 valence electrons. The standard InChI is InChI=1S/C41H44F2N6O6/c1-6-23-9-7-10-24-15-27(54-22-51-5)16-28(31(23)24)34-33(43)35-32-36(46-38(45-35)53-21-41-13-8-14-47(41)18-25(42)17-41)48-19-26-11-12-29(30(48)20-52-37(32)44-34)49(26)39(50)55-40(2,3)4/h1,7,9-10,15-16,25-26,29-30H,8,11-14,17-22H2,2-5H3/t25-,26+,29-,30-,41-/m1/s1. The number of amides is 1. The minimum Gasteiger partial charge on any atom is -0.475 e. The van der Waals surface area contributed by atoms with Crippen LogP contribution in [0.5, 0.6) is 17.6 Å². The molecule has 5 aliphatic rings. The highest BCUT2D eigenvalue weighted by atomic mass is 19.1. The lowest BCUT2D eigenvalue weighted by Gasteiger charge is -2.46. The van der Waals surface area contributed by atoms with Gasteiger partial charge in [0, 0.05) is 43.1 Å². The Hall–Kier alpha value is -5.00.